The predicted octanol–water partition coefficient (Wildman–Crippen LogP) is 5.96. The molecule has 0 radical (unpaired) electrons. The van der Waals surface area contributed by atoms with E-state index < -0.39 is 0 Å². The maximum absolute atomic E-state index is 5.47. The fourth-order valence-corrected chi connectivity index (χ4v) is 3.65. The van der Waals surface area contributed by atoms with Crippen molar-refractivity contribution in [3.8, 4) is 5.75 Å². The zero-order chi connectivity index (χ0) is 15.4. The molecule has 0 heterocycles. The molecule has 2 aromatic rings. The van der Waals surface area contributed by atoms with Crippen LogP contribution in [0.25, 0.3) is 0 Å². The number of nitrogens with one attached hydrogen (secondary N) is 1. The van der Waals surface area contributed by atoms with Crippen LogP contribution >= 0.6 is 31.9 Å². The van der Waals surface area contributed by atoms with Gasteiger partial charge in [-0.2, -0.15) is 0 Å². The molecule has 2 aromatic carbocycles. The molecule has 0 bridgehead atoms. The molecule has 0 aliphatic carbocycles. The van der Waals surface area contributed by atoms with Gasteiger partial charge in [0.25, 0.3) is 0 Å². The minimum atomic E-state index is 0.529. The zero-order valence-electron chi connectivity index (χ0n) is 12.4. The number of halogens is 2. The van der Waals surface area contributed by atoms with E-state index in [-0.39, 0.29) is 0 Å². The third kappa shape index (κ3) is 4.24. The van der Waals surface area contributed by atoms with E-state index in [0.717, 1.165) is 25.9 Å². The monoisotopic (exact) mass is 411 g/mol. The van der Waals surface area contributed by atoms with Crippen molar-refractivity contribution in [3.05, 3.63) is 56.5 Å². The van der Waals surface area contributed by atoms with Crippen molar-refractivity contribution in [2.75, 3.05) is 12.4 Å². The first-order valence-corrected chi connectivity index (χ1v) is 8.45. The number of hydrogen-bond donors (Lipinski definition) is 1. The van der Waals surface area contributed by atoms with E-state index in [4.69, 9.17) is 4.74 Å². The fraction of sp³-hybridized carbons (Fsp3) is 0.294. The van der Waals surface area contributed by atoms with E-state index in [1.807, 2.05) is 6.07 Å². The third-order valence-corrected chi connectivity index (χ3v) is 4.37. The molecule has 0 atom stereocenters. The van der Waals surface area contributed by atoms with E-state index >= 15 is 0 Å². The lowest BCUT2D eigenvalue weighted by Crippen LogP contribution is -2.03. The van der Waals surface area contributed by atoms with Crippen LogP contribution in [0.3, 0.4) is 0 Å². The average molecular weight is 413 g/mol. The van der Waals surface area contributed by atoms with Crippen molar-refractivity contribution < 1.29 is 4.74 Å². The number of rotatable bonds is 5. The summed E-state index contributed by atoms with van der Waals surface area (Å²) in [5.74, 6) is 1.40. The lowest BCUT2D eigenvalue weighted by molar-refractivity contribution is 0.407. The number of anilines is 1. The van der Waals surface area contributed by atoms with Crippen LogP contribution in [0.5, 0.6) is 5.75 Å². The highest BCUT2D eigenvalue weighted by molar-refractivity contribution is 9.11. The lowest BCUT2D eigenvalue weighted by Gasteiger charge is -2.14. The van der Waals surface area contributed by atoms with Gasteiger partial charge in [-0.25, -0.2) is 0 Å². The topological polar surface area (TPSA) is 21.3 Å². The molecule has 0 spiro atoms. The molecule has 2 nitrogen and oxygen atoms in total. The summed E-state index contributed by atoms with van der Waals surface area (Å²) in [4.78, 5) is 0. The summed E-state index contributed by atoms with van der Waals surface area (Å²) in [5, 5.41) is 3.46. The summed E-state index contributed by atoms with van der Waals surface area (Å²) in [5.41, 5.74) is 3.57. The molecule has 0 fully saturated rings. The number of ether oxygens (including phenoxy) is 1. The van der Waals surface area contributed by atoms with Gasteiger partial charge in [0.1, 0.15) is 5.75 Å². The molecule has 0 unspecified atom stereocenters. The average Bonchev–Trinajstić information content (AvgIpc) is 2.45. The highest BCUT2D eigenvalue weighted by Gasteiger charge is 2.09. The first kappa shape index (κ1) is 16.4. The Morgan fingerprint density at radius 2 is 1.90 bits per heavy atom. The Morgan fingerprint density at radius 1 is 1.14 bits per heavy atom. The molecule has 0 saturated heterocycles. The van der Waals surface area contributed by atoms with Crippen LogP contribution in [0.2, 0.25) is 0 Å². The largest absolute Gasteiger partial charge is 0.495 e. The lowest BCUT2D eigenvalue weighted by atomic mass is 10.0. The van der Waals surface area contributed by atoms with Crippen molar-refractivity contribution in [1.82, 2.24) is 0 Å². The third-order valence-electron chi connectivity index (χ3n) is 3.33. The molecule has 0 aliphatic heterocycles. The van der Waals surface area contributed by atoms with Gasteiger partial charge < -0.3 is 10.1 Å². The molecular weight excluding hydrogens is 394 g/mol. The molecule has 4 heteroatoms. The van der Waals surface area contributed by atoms with Gasteiger partial charge >= 0.3 is 0 Å². The highest BCUT2D eigenvalue weighted by atomic mass is 79.9. The molecule has 0 aliphatic rings. The first-order chi connectivity index (χ1) is 10.0. The second kappa shape index (κ2) is 7.32. The van der Waals surface area contributed by atoms with E-state index in [9.17, 15) is 0 Å². The molecular formula is C17H19Br2NO. The Morgan fingerprint density at radius 3 is 2.57 bits per heavy atom. The van der Waals surface area contributed by atoms with Crippen molar-refractivity contribution in [3.63, 3.8) is 0 Å². The first-order valence-electron chi connectivity index (χ1n) is 6.87. The zero-order valence-corrected chi connectivity index (χ0v) is 15.6. The van der Waals surface area contributed by atoms with Gasteiger partial charge in [-0.05, 0) is 51.7 Å². The van der Waals surface area contributed by atoms with Crippen LogP contribution in [-0.4, -0.2) is 7.11 Å². The van der Waals surface area contributed by atoms with Gasteiger partial charge in [-0.15, -0.1) is 0 Å². The standard InChI is InChI=1S/C17H19Br2NO/c1-11(2)12-5-4-6-15(8-12)20-10-13-7-14(18)9-16(19)17(13)21-3/h4-9,11,20H,10H2,1-3H3. The van der Waals surface area contributed by atoms with Gasteiger partial charge in [0.15, 0.2) is 0 Å². The van der Waals surface area contributed by atoms with Crippen LogP contribution in [0, 0.1) is 0 Å². The normalized spacial score (nSPS) is 10.8. The van der Waals surface area contributed by atoms with Crippen LogP contribution in [0.1, 0.15) is 30.9 Å². The number of methoxy groups -OCH3 is 1. The van der Waals surface area contributed by atoms with Crippen LogP contribution in [0.15, 0.2) is 45.3 Å². The molecule has 1 N–H and O–H groups in total. The molecule has 0 saturated carbocycles. The second-order valence-electron chi connectivity index (χ2n) is 5.21. The Kier molecular flexibility index (Phi) is 5.71. The van der Waals surface area contributed by atoms with Crippen molar-refractivity contribution in [2.24, 2.45) is 0 Å². The molecule has 0 amide bonds. The predicted molar refractivity (Wildman–Crippen MR) is 96.3 cm³/mol. The fourth-order valence-electron chi connectivity index (χ4n) is 2.18. The van der Waals surface area contributed by atoms with Gasteiger partial charge in [0.05, 0.1) is 11.6 Å². The molecule has 112 valence electrons. The van der Waals surface area contributed by atoms with Gasteiger partial charge in [0.2, 0.25) is 0 Å². The second-order valence-corrected chi connectivity index (χ2v) is 6.98. The summed E-state index contributed by atoms with van der Waals surface area (Å²) in [6, 6.07) is 12.6. The summed E-state index contributed by atoms with van der Waals surface area (Å²) in [7, 11) is 1.69. The summed E-state index contributed by atoms with van der Waals surface area (Å²) in [6.45, 7) is 5.11. The number of benzene rings is 2. The Balaban J connectivity index is 2.18. The Labute approximate surface area is 143 Å². The summed E-state index contributed by atoms with van der Waals surface area (Å²) in [6.07, 6.45) is 0. The van der Waals surface area contributed by atoms with Gasteiger partial charge in [0, 0.05) is 22.3 Å². The minimum absolute atomic E-state index is 0.529. The van der Waals surface area contributed by atoms with E-state index in [2.05, 4.69) is 81.4 Å². The Bertz CT molecular complexity index is 626. The van der Waals surface area contributed by atoms with Gasteiger partial charge in [-0.1, -0.05) is 41.9 Å². The van der Waals surface area contributed by atoms with E-state index in [0.29, 0.717) is 12.5 Å². The molecule has 2 rings (SSSR count). The highest BCUT2D eigenvalue weighted by Crippen LogP contribution is 2.33. The smallest absolute Gasteiger partial charge is 0.138 e. The molecule has 21 heavy (non-hydrogen) atoms. The quantitative estimate of drug-likeness (QED) is 0.654. The molecule has 0 aromatic heterocycles. The summed E-state index contributed by atoms with van der Waals surface area (Å²) >= 11 is 7.05. The maximum atomic E-state index is 5.47. The van der Waals surface area contributed by atoms with Crippen LogP contribution < -0.4 is 10.1 Å². The Hall–Kier alpha value is -1.00. The van der Waals surface area contributed by atoms with Crippen molar-refractivity contribution in [1.29, 1.82) is 0 Å². The van der Waals surface area contributed by atoms with Crippen molar-refractivity contribution in [2.45, 2.75) is 26.3 Å². The van der Waals surface area contributed by atoms with Gasteiger partial charge in [-0.3, -0.25) is 0 Å². The number of hydrogen-bond acceptors (Lipinski definition) is 2. The van der Waals surface area contributed by atoms with E-state index in [1.54, 1.807) is 7.11 Å². The maximum Gasteiger partial charge on any atom is 0.138 e. The van der Waals surface area contributed by atoms with Crippen LogP contribution in [0.4, 0.5) is 5.69 Å². The van der Waals surface area contributed by atoms with E-state index in [1.165, 1.54) is 5.56 Å². The SMILES string of the molecule is COc1c(Br)cc(Br)cc1CNc1cccc(C(C)C)c1. The minimum Gasteiger partial charge on any atom is -0.495 e. The van der Waals surface area contributed by atoms with Crippen molar-refractivity contribution >= 4 is 37.5 Å². The summed E-state index contributed by atoms with van der Waals surface area (Å²) < 4.78 is 7.46. The van der Waals surface area contributed by atoms with Crippen LogP contribution in [-0.2, 0) is 6.54 Å².